The largest absolute Gasteiger partial charge is 0.468 e. The van der Waals surface area contributed by atoms with Crippen LogP contribution in [0.15, 0.2) is 60.8 Å². The normalized spacial score (nSPS) is 10.4. The number of nitrogens with one attached hydrogen (secondary N) is 1. The highest BCUT2D eigenvalue weighted by Gasteiger charge is 2.11. The van der Waals surface area contributed by atoms with Gasteiger partial charge in [-0.3, -0.25) is 4.79 Å². The number of anilines is 1. The number of halogens is 2. The molecule has 7 heteroatoms. The van der Waals surface area contributed by atoms with Crippen LogP contribution in [0.25, 0.3) is 0 Å². The van der Waals surface area contributed by atoms with Gasteiger partial charge in [-0.15, -0.1) is 0 Å². The first kappa shape index (κ1) is 16.4. The van der Waals surface area contributed by atoms with Crippen LogP contribution < -0.4 is 10.1 Å². The fourth-order valence-electron chi connectivity index (χ4n) is 2.02. The second-order valence-electron chi connectivity index (χ2n) is 4.88. The van der Waals surface area contributed by atoms with Crippen LogP contribution in [0, 0.1) is 0 Å². The molecule has 5 nitrogen and oxygen atoms in total. The van der Waals surface area contributed by atoms with E-state index in [2.05, 4.69) is 10.4 Å². The van der Waals surface area contributed by atoms with E-state index in [1.807, 2.05) is 18.2 Å². The van der Waals surface area contributed by atoms with E-state index in [9.17, 15) is 4.79 Å². The lowest BCUT2D eigenvalue weighted by Gasteiger charge is -2.09. The predicted octanol–water partition coefficient (Wildman–Crippen LogP) is 4.48. The summed E-state index contributed by atoms with van der Waals surface area (Å²) in [6, 6.07) is 15.9. The summed E-state index contributed by atoms with van der Waals surface area (Å²) >= 11 is 12.1. The zero-order valence-electron chi connectivity index (χ0n) is 12.4. The van der Waals surface area contributed by atoms with Gasteiger partial charge in [0.1, 0.15) is 0 Å². The van der Waals surface area contributed by atoms with Gasteiger partial charge in [0.15, 0.2) is 18.2 Å². The Kier molecular flexibility index (Phi) is 5.03. The van der Waals surface area contributed by atoms with Gasteiger partial charge in [0.05, 0.1) is 10.0 Å². The monoisotopic (exact) mass is 361 g/mol. The van der Waals surface area contributed by atoms with Gasteiger partial charge in [-0.05, 0) is 30.3 Å². The Morgan fingerprint density at radius 1 is 1.04 bits per heavy atom. The highest BCUT2D eigenvalue weighted by atomic mass is 35.5. The summed E-state index contributed by atoms with van der Waals surface area (Å²) in [6.07, 6.45) is 1.64. The van der Waals surface area contributed by atoms with Crippen LogP contribution in [-0.4, -0.2) is 15.7 Å². The molecule has 0 spiro atoms. The summed E-state index contributed by atoms with van der Waals surface area (Å²) in [5.41, 5.74) is 0.990. The number of ether oxygens (including phenoxy) is 1. The van der Waals surface area contributed by atoms with Crippen LogP contribution >= 0.6 is 23.2 Å². The first-order chi connectivity index (χ1) is 11.6. The Morgan fingerprint density at radius 2 is 1.75 bits per heavy atom. The maximum Gasteiger partial charge on any atom is 0.276 e. The quantitative estimate of drug-likeness (QED) is 0.728. The van der Waals surface area contributed by atoms with E-state index >= 15 is 0 Å². The number of hydrogen-bond acceptors (Lipinski definition) is 3. The summed E-state index contributed by atoms with van der Waals surface area (Å²) in [4.78, 5) is 12.1. The van der Waals surface area contributed by atoms with Crippen LogP contribution in [0.2, 0.25) is 10.0 Å². The van der Waals surface area contributed by atoms with Crippen molar-refractivity contribution in [2.24, 2.45) is 0 Å². The van der Waals surface area contributed by atoms with Crippen molar-refractivity contribution in [1.29, 1.82) is 0 Å². The van der Waals surface area contributed by atoms with Crippen molar-refractivity contribution in [2.75, 3.05) is 5.32 Å². The third-order valence-electron chi connectivity index (χ3n) is 3.17. The van der Waals surface area contributed by atoms with E-state index in [4.69, 9.17) is 27.9 Å². The molecule has 0 fully saturated rings. The average Bonchev–Trinajstić information content (AvgIpc) is 3.04. The molecular formula is C17H13Cl2N3O2. The number of carbonyl (C=O) groups is 1. The molecule has 1 heterocycles. The maximum atomic E-state index is 12.1. The number of amides is 1. The number of carbonyl (C=O) groups excluding carboxylic acids is 1. The fraction of sp³-hybridized carbons (Fsp3) is 0.0588. The number of hydrogen-bond donors (Lipinski definition) is 1. The highest BCUT2D eigenvalue weighted by molar-refractivity contribution is 6.37. The van der Waals surface area contributed by atoms with Gasteiger partial charge in [-0.2, -0.15) is 5.10 Å². The number of nitrogens with zero attached hydrogens (tertiary/aromatic N) is 2. The zero-order valence-corrected chi connectivity index (χ0v) is 14.0. The number of benzene rings is 2. The lowest BCUT2D eigenvalue weighted by molar-refractivity contribution is 0.102. The van der Waals surface area contributed by atoms with Crippen molar-refractivity contribution in [3.8, 4) is 5.75 Å². The van der Waals surface area contributed by atoms with E-state index < -0.39 is 0 Å². The Balaban J connectivity index is 1.64. The molecule has 0 unspecified atom stereocenters. The lowest BCUT2D eigenvalue weighted by Crippen LogP contribution is -2.14. The summed E-state index contributed by atoms with van der Waals surface area (Å²) in [5, 5.41) is 7.77. The minimum Gasteiger partial charge on any atom is -0.468 e. The second-order valence-corrected chi connectivity index (χ2v) is 5.70. The topological polar surface area (TPSA) is 56.2 Å². The SMILES string of the molecule is O=C(Nc1ccccc1)c1ccn(COc2c(Cl)cccc2Cl)n1. The van der Waals surface area contributed by atoms with Crippen molar-refractivity contribution >= 4 is 34.8 Å². The Morgan fingerprint density at radius 3 is 2.46 bits per heavy atom. The lowest BCUT2D eigenvalue weighted by atomic mass is 10.3. The third kappa shape index (κ3) is 3.88. The molecule has 1 amide bonds. The molecule has 2 aromatic carbocycles. The van der Waals surface area contributed by atoms with Gasteiger partial charge >= 0.3 is 0 Å². The summed E-state index contributed by atoms with van der Waals surface area (Å²) < 4.78 is 7.06. The first-order valence-electron chi connectivity index (χ1n) is 7.10. The minimum absolute atomic E-state index is 0.0854. The molecule has 0 bridgehead atoms. The molecule has 1 aromatic heterocycles. The van der Waals surface area contributed by atoms with Crippen LogP contribution in [-0.2, 0) is 6.73 Å². The Labute approximate surface area is 148 Å². The third-order valence-corrected chi connectivity index (χ3v) is 3.76. The van der Waals surface area contributed by atoms with Gasteiger partial charge < -0.3 is 10.1 Å². The van der Waals surface area contributed by atoms with Gasteiger partial charge in [0.2, 0.25) is 0 Å². The second kappa shape index (κ2) is 7.38. The number of rotatable bonds is 5. The van der Waals surface area contributed by atoms with Crippen molar-refractivity contribution in [2.45, 2.75) is 6.73 Å². The number of para-hydroxylation sites is 2. The zero-order chi connectivity index (χ0) is 16.9. The Hall–Kier alpha value is -2.50. The molecule has 0 aliphatic carbocycles. The summed E-state index contributed by atoms with van der Waals surface area (Å²) in [5.74, 6) is 0.0855. The van der Waals surface area contributed by atoms with Crippen LogP contribution in [0.5, 0.6) is 5.75 Å². The first-order valence-corrected chi connectivity index (χ1v) is 7.86. The minimum atomic E-state index is -0.296. The predicted molar refractivity (Wildman–Crippen MR) is 93.7 cm³/mol. The summed E-state index contributed by atoms with van der Waals surface area (Å²) in [7, 11) is 0. The number of aromatic nitrogens is 2. The van der Waals surface area contributed by atoms with Gasteiger partial charge in [0, 0.05) is 11.9 Å². The van der Waals surface area contributed by atoms with E-state index in [0.29, 0.717) is 21.5 Å². The van der Waals surface area contributed by atoms with E-state index in [-0.39, 0.29) is 18.3 Å². The molecule has 3 rings (SSSR count). The molecule has 0 saturated carbocycles. The van der Waals surface area contributed by atoms with Gasteiger partial charge in [0.25, 0.3) is 5.91 Å². The van der Waals surface area contributed by atoms with Crippen LogP contribution in [0.4, 0.5) is 5.69 Å². The van der Waals surface area contributed by atoms with Crippen molar-refractivity contribution in [1.82, 2.24) is 9.78 Å². The van der Waals surface area contributed by atoms with Crippen molar-refractivity contribution < 1.29 is 9.53 Å². The molecule has 3 aromatic rings. The smallest absolute Gasteiger partial charge is 0.276 e. The molecule has 122 valence electrons. The molecule has 0 saturated heterocycles. The molecule has 0 radical (unpaired) electrons. The molecule has 24 heavy (non-hydrogen) atoms. The van der Waals surface area contributed by atoms with Crippen molar-refractivity contribution in [3.05, 3.63) is 76.5 Å². The highest BCUT2D eigenvalue weighted by Crippen LogP contribution is 2.32. The van der Waals surface area contributed by atoms with E-state index in [1.54, 1.807) is 42.6 Å². The van der Waals surface area contributed by atoms with Crippen LogP contribution in [0.1, 0.15) is 10.5 Å². The van der Waals surface area contributed by atoms with E-state index in [1.165, 1.54) is 4.68 Å². The fourth-order valence-corrected chi connectivity index (χ4v) is 2.53. The van der Waals surface area contributed by atoms with Crippen LogP contribution in [0.3, 0.4) is 0 Å². The molecule has 0 atom stereocenters. The van der Waals surface area contributed by atoms with Crippen molar-refractivity contribution in [3.63, 3.8) is 0 Å². The molecule has 1 N–H and O–H groups in total. The molecule has 0 aliphatic rings. The summed E-state index contributed by atoms with van der Waals surface area (Å²) in [6.45, 7) is 0.0854. The van der Waals surface area contributed by atoms with Gasteiger partial charge in [-0.25, -0.2) is 4.68 Å². The molecular weight excluding hydrogens is 349 g/mol. The Bertz CT molecular complexity index is 830. The average molecular weight is 362 g/mol. The molecule has 0 aliphatic heterocycles. The van der Waals surface area contributed by atoms with E-state index in [0.717, 1.165) is 0 Å². The standard InChI is InChI=1S/C17H13Cl2N3O2/c18-13-7-4-8-14(19)16(13)24-11-22-10-9-15(21-22)17(23)20-12-5-2-1-3-6-12/h1-10H,11H2,(H,20,23). The van der Waals surface area contributed by atoms with Gasteiger partial charge in [-0.1, -0.05) is 47.5 Å². The maximum absolute atomic E-state index is 12.1.